The molecule has 0 aromatic heterocycles. The number of imide groups is 1. The number of ether oxygens (including phenoxy) is 1. The number of aryl methyl sites for hydroxylation is 2. The standard InChI is InChI=1S/C23H15Cl4NO3/c1-31-15-10-6-13(7-11-15)3-2-12-4-8-14(9-5-12)28-22(29)16-17(23(28)30)19(25)21(27)20(26)18(16)24/h4-11H,2-3H2,1H3. The second-order valence-corrected chi connectivity index (χ2v) is 8.48. The summed E-state index contributed by atoms with van der Waals surface area (Å²) in [5.41, 5.74) is 2.60. The van der Waals surface area contributed by atoms with E-state index in [-0.39, 0.29) is 31.2 Å². The van der Waals surface area contributed by atoms with Gasteiger partial charge in [0.15, 0.2) is 0 Å². The number of amides is 2. The maximum atomic E-state index is 12.9. The number of carbonyl (C=O) groups excluding carboxylic acids is 2. The molecule has 1 heterocycles. The molecule has 3 aromatic rings. The number of hydrogen-bond donors (Lipinski definition) is 0. The quantitative estimate of drug-likeness (QED) is 0.220. The Morgan fingerprint density at radius 1 is 0.677 bits per heavy atom. The molecular formula is C23H15Cl4NO3. The molecule has 0 fully saturated rings. The van der Waals surface area contributed by atoms with Gasteiger partial charge in [-0.1, -0.05) is 70.7 Å². The van der Waals surface area contributed by atoms with Crippen molar-refractivity contribution in [3.8, 4) is 5.75 Å². The highest BCUT2D eigenvalue weighted by Gasteiger charge is 2.42. The Labute approximate surface area is 199 Å². The van der Waals surface area contributed by atoms with Crippen LogP contribution in [0.2, 0.25) is 20.1 Å². The number of carbonyl (C=O) groups is 2. The Bertz CT molecular complexity index is 1140. The Morgan fingerprint density at radius 2 is 1.10 bits per heavy atom. The van der Waals surface area contributed by atoms with Crippen LogP contribution < -0.4 is 9.64 Å². The summed E-state index contributed by atoms with van der Waals surface area (Å²) in [6, 6.07) is 15.1. The number of hydrogen-bond acceptors (Lipinski definition) is 3. The average Bonchev–Trinajstić information content (AvgIpc) is 3.05. The highest BCUT2D eigenvalue weighted by atomic mass is 35.5. The molecule has 0 saturated heterocycles. The normalized spacial score (nSPS) is 13.0. The zero-order valence-electron chi connectivity index (χ0n) is 16.2. The third kappa shape index (κ3) is 3.90. The first-order chi connectivity index (χ1) is 14.8. The van der Waals surface area contributed by atoms with Gasteiger partial charge in [-0.2, -0.15) is 0 Å². The summed E-state index contributed by atoms with van der Waals surface area (Å²) in [7, 11) is 1.63. The molecule has 0 bridgehead atoms. The van der Waals surface area contributed by atoms with Crippen molar-refractivity contribution < 1.29 is 14.3 Å². The van der Waals surface area contributed by atoms with Gasteiger partial charge >= 0.3 is 0 Å². The maximum Gasteiger partial charge on any atom is 0.267 e. The number of fused-ring (bicyclic) bond motifs is 1. The lowest BCUT2D eigenvalue weighted by molar-refractivity contribution is 0.0926. The Balaban J connectivity index is 1.55. The van der Waals surface area contributed by atoms with Crippen molar-refractivity contribution in [3.63, 3.8) is 0 Å². The van der Waals surface area contributed by atoms with Crippen molar-refractivity contribution >= 4 is 63.9 Å². The fraction of sp³-hybridized carbons (Fsp3) is 0.130. The van der Waals surface area contributed by atoms with Crippen LogP contribution in [0, 0.1) is 0 Å². The van der Waals surface area contributed by atoms with Crippen molar-refractivity contribution in [2.75, 3.05) is 12.0 Å². The van der Waals surface area contributed by atoms with Gasteiger partial charge in [-0.3, -0.25) is 9.59 Å². The highest BCUT2D eigenvalue weighted by Crippen LogP contribution is 2.45. The van der Waals surface area contributed by atoms with E-state index >= 15 is 0 Å². The van der Waals surface area contributed by atoms with Crippen LogP contribution in [-0.4, -0.2) is 18.9 Å². The first-order valence-electron chi connectivity index (χ1n) is 9.30. The first-order valence-corrected chi connectivity index (χ1v) is 10.8. The van der Waals surface area contributed by atoms with Crippen LogP contribution in [-0.2, 0) is 12.8 Å². The Kier molecular flexibility index (Phi) is 6.18. The lowest BCUT2D eigenvalue weighted by Crippen LogP contribution is -2.29. The van der Waals surface area contributed by atoms with Crippen LogP contribution in [0.5, 0.6) is 5.75 Å². The number of nitrogens with zero attached hydrogens (tertiary/aromatic N) is 1. The molecule has 0 aliphatic carbocycles. The number of methoxy groups -OCH3 is 1. The average molecular weight is 495 g/mol. The molecule has 3 aromatic carbocycles. The molecule has 8 heteroatoms. The largest absolute Gasteiger partial charge is 0.497 e. The minimum absolute atomic E-state index is 0.0327. The molecule has 0 radical (unpaired) electrons. The summed E-state index contributed by atoms with van der Waals surface area (Å²) >= 11 is 24.5. The van der Waals surface area contributed by atoms with Gasteiger partial charge in [-0.25, -0.2) is 4.90 Å². The van der Waals surface area contributed by atoms with E-state index in [4.69, 9.17) is 51.1 Å². The van der Waals surface area contributed by atoms with Gasteiger partial charge in [0.05, 0.1) is 44.0 Å². The number of benzene rings is 3. The lowest BCUT2D eigenvalue weighted by Gasteiger charge is -2.14. The van der Waals surface area contributed by atoms with Gasteiger partial charge in [0, 0.05) is 0 Å². The molecule has 0 N–H and O–H groups in total. The molecule has 1 aliphatic rings. The van der Waals surface area contributed by atoms with Crippen molar-refractivity contribution in [2.45, 2.75) is 12.8 Å². The van der Waals surface area contributed by atoms with Gasteiger partial charge in [-0.05, 0) is 48.2 Å². The van der Waals surface area contributed by atoms with Crippen LogP contribution in [0.4, 0.5) is 5.69 Å². The molecule has 0 saturated carbocycles. The second-order valence-electron chi connectivity index (χ2n) is 6.97. The molecular weight excluding hydrogens is 480 g/mol. The molecule has 158 valence electrons. The lowest BCUT2D eigenvalue weighted by atomic mass is 10.0. The van der Waals surface area contributed by atoms with Crippen molar-refractivity contribution in [2.24, 2.45) is 0 Å². The summed E-state index contributed by atoms with van der Waals surface area (Å²) in [6.45, 7) is 0. The van der Waals surface area contributed by atoms with E-state index in [1.54, 1.807) is 19.2 Å². The topological polar surface area (TPSA) is 46.6 Å². The Morgan fingerprint density at radius 3 is 1.52 bits per heavy atom. The fourth-order valence-corrected chi connectivity index (χ4v) is 4.49. The van der Waals surface area contributed by atoms with Crippen LogP contribution >= 0.6 is 46.4 Å². The molecule has 4 rings (SSSR count). The van der Waals surface area contributed by atoms with Gasteiger partial charge < -0.3 is 4.74 Å². The van der Waals surface area contributed by atoms with E-state index in [9.17, 15) is 9.59 Å². The van der Waals surface area contributed by atoms with Crippen molar-refractivity contribution in [1.29, 1.82) is 0 Å². The van der Waals surface area contributed by atoms with Crippen LogP contribution in [0.25, 0.3) is 0 Å². The maximum absolute atomic E-state index is 12.9. The molecule has 31 heavy (non-hydrogen) atoms. The fourth-order valence-electron chi connectivity index (χ4n) is 3.48. The van der Waals surface area contributed by atoms with Gasteiger partial charge in [0.25, 0.3) is 11.8 Å². The molecule has 0 unspecified atom stereocenters. The van der Waals surface area contributed by atoms with Crippen molar-refractivity contribution in [3.05, 3.63) is 90.9 Å². The summed E-state index contributed by atoms with van der Waals surface area (Å²) in [5, 5.41) is -0.265. The summed E-state index contributed by atoms with van der Waals surface area (Å²) in [6.07, 6.45) is 1.65. The van der Waals surface area contributed by atoms with Crippen LogP contribution in [0.3, 0.4) is 0 Å². The van der Waals surface area contributed by atoms with Gasteiger partial charge in [0.2, 0.25) is 0 Å². The van der Waals surface area contributed by atoms with Crippen LogP contribution in [0.15, 0.2) is 48.5 Å². The zero-order valence-corrected chi connectivity index (χ0v) is 19.2. The Hall–Kier alpha value is -2.24. The minimum Gasteiger partial charge on any atom is -0.497 e. The number of rotatable bonds is 5. The third-order valence-electron chi connectivity index (χ3n) is 5.16. The van der Waals surface area contributed by atoms with E-state index in [1.807, 2.05) is 36.4 Å². The third-order valence-corrected chi connectivity index (χ3v) is 6.96. The minimum atomic E-state index is -0.587. The second kappa shape index (κ2) is 8.71. The highest BCUT2D eigenvalue weighted by molar-refractivity contribution is 6.56. The zero-order chi connectivity index (χ0) is 22.3. The molecule has 1 aliphatic heterocycles. The van der Waals surface area contributed by atoms with Crippen LogP contribution in [0.1, 0.15) is 31.8 Å². The van der Waals surface area contributed by atoms with E-state index in [0.717, 1.165) is 29.1 Å². The van der Waals surface area contributed by atoms with Gasteiger partial charge in [0.1, 0.15) is 5.75 Å². The number of anilines is 1. The van der Waals surface area contributed by atoms with E-state index < -0.39 is 11.8 Å². The summed E-state index contributed by atoms with van der Waals surface area (Å²) in [4.78, 5) is 26.9. The predicted octanol–water partition coefficient (Wildman–Crippen LogP) is 6.89. The van der Waals surface area contributed by atoms with E-state index in [2.05, 4.69) is 0 Å². The van der Waals surface area contributed by atoms with E-state index in [1.165, 1.54) is 5.56 Å². The SMILES string of the molecule is COc1ccc(CCc2ccc(N3C(=O)c4c(Cl)c(Cl)c(Cl)c(Cl)c4C3=O)cc2)cc1. The molecule has 4 nitrogen and oxygen atoms in total. The summed E-state index contributed by atoms with van der Waals surface area (Å²) < 4.78 is 5.17. The first kappa shape index (κ1) is 22.0. The van der Waals surface area contributed by atoms with Crippen molar-refractivity contribution in [1.82, 2.24) is 0 Å². The monoisotopic (exact) mass is 493 g/mol. The van der Waals surface area contributed by atoms with Gasteiger partial charge in [-0.15, -0.1) is 0 Å². The van der Waals surface area contributed by atoms with E-state index in [0.29, 0.717) is 5.69 Å². The molecule has 0 atom stereocenters. The summed E-state index contributed by atoms with van der Waals surface area (Å²) in [5.74, 6) is -0.357. The number of halogens is 4. The molecule has 2 amide bonds. The molecule has 0 spiro atoms. The predicted molar refractivity (Wildman–Crippen MR) is 124 cm³/mol. The smallest absolute Gasteiger partial charge is 0.267 e.